The van der Waals surface area contributed by atoms with Crippen LogP contribution in [0.5, 0.6) is 0 Å². The summed E-state index contributed by atoms with van der Waals surface area (Å²) in [6.07, 6.45) is 1.58. The first-order chi connectivity index (χ1) is 13.3. The highest BCUT2D eigenvalue weighted by Gasteiger charge is 2.33. The molecule has 1 heterocycles. The molecule has 142 valence electrons. The van der Waals surface area contributed by atoms with Crippen LogP contribution in [-0.4, -0.2) is 32.5 Å². The van der Waals surface area contributed by atoms with Gasteiger partial charge in [-0.15, -0.1) is 0 Å². The number of hydrogen-bond donors (Lipinski definition) is 1. The van der Waals surface area contributed by atoms with Gasteiger partial charge in [0.05, 0.1) is 9.83 Å². The Morgan fingerprint density at radius 2 is 1.86 bits per heavy atom. The zero-order chi connectivity index (χ0) is 20.3. The minimum absolute atomic E-state index is 0.0384. The van der Waals surface area contributed by atoms with E-state index in [0.717, 1.165) is 11.8 Å². The summed E-state index contributed by atoms with van der Waals surface area (Å²) in [5.41, 5.74) is 1.14. The van der Waals surface area contributed by atoms with Crippen LogP contribution in [0.3, 0.4) is 0 Å². The molecule has 0 bridgehead atoms. The fourth-order valence-electron chi connectivity index (χ4n) is 2.36. The van der Waals surface area contributed by atoms with Crippen LogP contribution >= 0.6 is 35.6 Å². The van der Waals surface area contributed by atoms with E-state index in [0.29, 0.717) is 21.2 Å². The Kier molecular flexibility index (Phi) is 6.08. The molecule has 2 aromatic rings. The van der Waals surface area contributed by atoms with Crippen LogP contribution in [0.25, 0.3) is 6.08 Å². The third-order valence-electron chi connectivity index (χ3n) is 3.70. The fourth-order valence-corrected chi connectivity index (χ4v) is 3.74. The number of rotatable bonds is 5. The van der Waals surface area contributed by atoms with Gasteiger partial charge in [0.1, 0.15) is 10.9 Å². The Labute approximate surface area is 174 Å². The van der Waals surface area contributed by atoms with Gasteiger partial charge in [0.2, 0.25) is 5.91 Å². The first-order valence-corrected chi connectivity index (χ1v) is 9.49. The lowest BCUT2D eigenvalue weighted by Gasteiger charge is -2.14. The molecular weight excluding hydrogens is 422 g/mol. The Morgan fingerprint density at radius 1 is 1.21 bits per heavy atom. The summed E-state index contributed by atoms with van der Waals surface area (Å²) >= 11 is 12.1. The van der Waals surface area contributed by atoms with E-state index in [4.69, 9.17) is 23.8 Å². The molecular formula is C18H12ClN3O4S2. The molecule has 2 amide bonds. The number of benzene rings is 2. The molecule has 28 heavy (non-hydrogen) atoms. The van der Waals surface area contributed by atoms with Crippen molar-refractivity contribution < 1.29 is 14.5 Å². The lowest BCUT2D eigenvalue weighted by atomic mass is 10.2. The highest BCUT2D eigenvalue weighted by Crippen LogP contribution is 2.32. The molecule has 1 saturated heterocycles. The first kappa shape index (κ1) is 20.0. The predicted molar refractivity (Wildman–Crippen MR) is 113 cm³/mol. The molecule has 10 heteroatoms. The number of nitro groups is 1. The van der Waals surface area contributed by atoms with Gasteiger partial charge in [-0.05, 0) is 48.0 Å². The predicted octanol–water partition coefficient (Wildman–Crippen LogP) is 4.09. The number of carbonyl (C=O) groups excluding carboxylic acids is 2. The van der Waals surface area contributed by atoms with Crippen molar-refractivity contribution in [2.75, 3.05) is 11.9 Å². The standard InChI is InChI=1S/C18H12ClN3O4S2/c19-12-3-5-13(6-4-12)20-16(23)10-21-17(24)15(28-18(21)27)9-11-1-7-14(8-2-11)22(25)26/h1-9H,10H2,(H,20,23)/b15-9-. The van der Waals surface area contributed by atoms with E-state index in [1.807, 2.05) is 0 Å². The minimum atomic E-state index is -0.497. The normalized spacial score (nSPS) is 15.2. The van der Waals surface area contributed by atoms with Gasteiger partial charge in [0.15, 0.2) is 0 Å². The number of hydrogen-bond acceptors (Lipinski definition) is 6. The van der Waals surface area contributed by atoms with Crippen molar-refractivity contribution in [1.29, 1.82) is 0 Å². The number of nitrogens with zero attached hydrogens (tertiary/aromatic N) is 2. The molecule has 7 nitrogen and oxygen atoms in total. The van der Waals surface area contributed by atoms with Crippen LogP contribution in [0, 0.1) is 10.1 Å². The van der Waals surface area contributed by atoms with Gasteiger partial charge in [-0.3, -0.25) is 24.6 Å². The lowest BCUT2D eigenvalue weighted by Crippen LogP contribution is -2.36. The lowest BCUT2D eigenvalue weighted by molar-refractivity contribution is -0.384. The molecule has 1 fully saturated rings. The molecule has 1 aliphatic heterocycles. The smallest absolute Gasteiger partial charge is 0.269 e. The van der Waals surface area contributed by atoms with Crippen molar-refractivity contribution in [2.24, 2.45) is 0 Å². The molecule has 1 N–H and O–H groups in total. The van der Waals surface area contributed by atoms with E-state index in [1.54, 1.807) is 30.3 Å². The van der Waals surface area contributed by atoms with Gasteiger partial charge < -0.3 is 5.32 Å². The van der Waals surface area contributed by atoms with Gasteiger partial charge >= 0.3 is 0 Å². The third-order valence-corrected chi connectivity index (χ3v) is 5.33. The van der Waals surface area contributed by atoms with Crippen molar-refractivity contribution >= 4 is 69.2 Å². The summed E-state index contributed by atoms with van der Waals surface area (Å²) in [5.74, 6) is -0.783. The number of thiocarbonyl (C=S) groups is 1. The van der Waals surface area contributed by atoms with Crippen molar-refractivity contribution in [3.8, 4) is 0 Å². The number of amides is 2. The summed E-state index contributed by atoms with van der Waals surface area (Å²) < 4.78 is 0.268. The Bertz CT molecular complexity index is 991. The number of anilines is 1. The molecule has 0 aliphatic carbocycles. The van der Waals surface area contributed by atoms with E-state index in [9.17, 15) is 19.7 Å². The molecule has 0 unspecified atom stereocenters. The highest BCUT2D eigenvalue weighted by atomic mass is 35.5. The van der Waals surface area contributed by atoms with Crippen molar-refractivity contribution in [2.45, 2.75) is 0 Å². The maximum Gasteiger partial charge on any atom is 0.269 e. The molecule has 0 aromatic heterocycles. The van der Waals surface area contributed by atoms with Gasteiger partial charge in [0, 0.05) is 22.8 Å². The summed E-state index contributed by atoms with van der Waals surface area (Å²) in [7, 11) is 0. The monoisotopic (exact) mass is 433 g/mol. The van der Waals surface area contributed by atoms with E-state index in [1.165, 1.54) is 29.2 Å². The van der Waals surface area contributed by atoms with Crippen LogP contribution in [0.2, 0.25) is 5.02 Å². The highest BCUT2D eigenvalue weighted by molar-refractivity contribution is 8.26. The summed E-state index contributed by atoms with van der Waals surface area (Å²) in [6, 6.07) is 12.4. The fraction of sp³-hybridized carbons (Fsp3) is 0.0556. The molecule has 3 rings (SSSR count). The van der Waals surface area contributed by atoms with Gasteiger partial charge in [-0.2, -0.15) is 0 Å². The maximum absolute atomic E-state index is 12.6. The second-order valence-electron chi connectivity index (χ2n) is 5.67. The molecule has 0 spiro atoms. The number of nitro benzene ring substituents is 1. The number of carbonyl (C=O) groups is 2. The van der Waals surface area contributed by atoms with Crippen LogP contribution in [0.4, 0.5) is 11.4 Å². The SMILES string of the molecule is O=C(CN1C(=O)/C(=C/c2ccc([N+](=O)[O-])cc2)SC1=S)Nc1ccc(Cl)cc1. The molecule has 0 saturated carbocycles. The van der Waals surface area contributed by atoms with Crippen LogP contribution in [0.15, 0.2) is 53.4 Å². The van der Waals surface area contributed by atoms with E-state index >= 15 is 0 Å². The molecule has 1 aliphatic rings. The average Bonchev–Trinajstić information content (AvgIpc) is 2.91. The molecule has 0 radical (unpaired) electrons. The summed E-state index contributed by atoms with van der Waals surface area (Å²) in [6.45, 7) is -0.217. The summed E-state index contributed by atoms with van der Waals surface area (Å²) in [4.78, 5) is 36.6. The topological polar surface area (TPSA) is 92.5 Å². The first-order valence-electron chi connectivity index (χ1n) is 7.89. The average molecular weight is 434 g/mol. The third kappa shape index (κ3) is 4.75. The largest absolute Gasteiger partial charge is 0.325 e. The minimum Gasteiger partial charge on any atom is -0.325 e. The van der Waals surface area contributed by atoms with Crippen molar-refractivity contribution in [1.82, 2.24) is 4.90 Å². The van der Waals surface area contributed by atoms with E-state index in [-0.39, 0.29) is 22.5 Å². The van der Waals surface area contributed by atoms with Crippen LogP contribution < -0.4 is 5.32 Å². The van der Waals surface area contributed by atoms with E-state index in [2.05, 4.69) is 5.32 Å². The maximum atomic E-state index is 12.6. The van der Waals surface area contributed by atoms with E-state index < -0.39 is 10.8 Å². The quantitative estimate of drug-likeness (QED) is 0.330. The number of non-ortho nitro benzene ring substituents is 1. The second kappa shape index (κ2) is 8.51. The number of thioether (sulfide) groups is 1. The number of nitrogens with one attached hydrogen (secondary N) is 1. The Morgan fingerprint density at radius 3 is 2.46 bits per heavy atom. The van der Waals surface area contributed by atoms with Crippen LogP contribution in [-0.2, 0) is 9.59 Å². The summed E-state index contributed by atoms with van der Waals surface area (Å²) in [5, 5.41) is 13.9. The zero-order valence-corrected chi connectivity index (χ0v) is 16.5. The molecule has 0 atom stereocenters. The van der Waals surface area contributed by atoms with Crippen molar-refractivity contribution in [3.63, 3.8) is 0 Å². The van der Waals surface area contributed by atoms with Crippen LogP contribution in [0.1, 0.15) is 5.56 Å². The number of halogens is 1. The van der Waals surface area contributed by atoms with Gasteiger partial charge in [0.25, 0.3) is 11.6 Å². The molecule has 2 aromatic carbocycles. The second-order valence-corrected chi connectivity index (χ2v) is 7.78. The van der Waals surface area contributed by atoms with Gasteiger partial charge in [-0.1, -0.05) is 35.6 Å². The van der Waals surface area contributed by atoms with Gasteiger partial charge in [-0.25, -0.2) is 0 Å². The Balaban J connectivity index is 1.68. The van der Waals surface area contributed by atoms with Crippen molar-refractivity contribution in [3.05, 3.63) is 74.1 Å². The zero-order valence-electron chi connectivity index (χ0n) is 14.1. The Hall–Kier alpha value is -2.75.